The minimum atomic E-state index is -4.63. The number of amides is 2. The normalized spacial score (nSPS) is 18.0. The highest BCUT2D eigenvalue weighted by molar-refractivity contribution is 6.04. The van der Waals surface area contributed by atoms with E-state index in [1.165, 1.54) is 36.1 Å². The number of nitrogens with zero attached hydrogens (tertiary/aromatic N) is 1. The summed E-state index contributed by atoms with van der Waals surface area (Å²) >= 11 is 0. The van der Waals surface area contributed by atoms with E-state index in [9.17, 15) is 27.2 Å². The number of furan rings is 1. The molecule has 10 heteroatoms. The molecule has 31 heavy (non-hydrogen) atoms. The predicted octanol–water partition coefficient (Wildman–Crippen LogP) is 4.49. The number of carbonyl (C=O) groups is 2. The van der Waals surface area contributed by atoms with E-state index in [-0.39, 0.29) is 30.1 Å². The number of urea groups is 1. The van der Waals surface area contributed by atoms with E-state index >= 15 is 0 Å². The van der Waals surface area contributed by atoms with Crippen LogP contribution in [0.5, 0.6) is 0 Å². The van der Waals surface area contributed by atoms with Gasteiger partial charge in [0.05, 0.1) is 0 Å². The molecule has 0 radical (unpaired) electrons. The average Bonchev–Trinajstić information content (AvgIpc) is 3.09. The molecule has 2 amide bonds. The van der Waals surface area contributed by atoms with Crippen molar-refractivity contribution in [3.8, 4) is 0 Å². The van der Waals surface area contributed by atoms with Crippen molar-refractivity contribution in [1.29, 1.82) is 0 Å². The van der Waals surface area contributed by atoms with E-state index in [0.717, 1.165) is 0 Å². The monoisotopic (exact) mass is 439 g/mol. The van der Waals surface area contributed by atoms with Crippen molar-refractivity contribution in [2.24, 2.45) is 0 Å². The Morgan fingerprint density at radius 1 is 1.26 bits per heavy atom. The zero-order valence-corrected chi connectivity index (χ0v) is 16.7. The van der Waals surface area contributed by atoms with Crippen LogP contribution >= 0.6 is 0 Å². The topological polar surface area (TPSA) is 74.6 Å². The lowest BCUT2D eigenvalue weighted by molar-refractivity contribution is -0.154. The summed E-state index contributed by atoms with van der Waals surface area (Å²) in [5.41, 5.74) is 0.242. The second kappa shape index (κ2) is 7.58. The van der Waals surface area contributed by atoms with Crippen LogP contribution in [0.25, 0.3) is 0 Å². The van der Waals surface area contributed by atoms with Gasteiger partial charge in [0.15, 0.2) is 5.78 Å². The highest BCUT2D eigenvalue weighted by Crippen LogP contribution is 2.38. The zero-order chi connectivity index (χ0) is 22.4. The quantitative estimate of drug-likeness (QED) is 0.677. The Morgan fingerprint density at radius 3 is 2.65 bits per heavy atom. The maximum absolute atomic E-state index is 13.4. The summed E-state index contributed by atoms with van der Waals surface area (Å²) in [4.78, 5) is 26.5. The van der Waals surface area contributed by atoms with Crippen LogP contribution in [0, 0.1) is 12.7 Å². The molecule has 4 rings (SSSR count). The van der Waals surface area contributed by atoms with Gasteiger partial charge in [0.1, 0.15) is 11.6 Å². The number of rotatable bonds is 2. The lowest BCUT2D eigenvalue weighted by atomic mass is 9.78. The number of alkyl halides is 3. The first kappa shape index (κ1) is 21.2. The number of hydrogen-bond donors (Lipinski definition) is 2. The maximum Gasteiger partial charge on any atom is 0.449 e. The summed E-state index contributed by atoms with van der Waals surface area (Å²) < 4.78 is 57.2. The summed E-state index contributed by atoms with van der Waals surface area (Å²) in [6, 6.07) is 4.81. The molecule has 0 bridgehead atoms. The lowest BCUT2D eigenvalue weighted by Crippen LogP contribution is -2.55. The van der Waals surface area contributed by atoms with Crippen molar-refractivity contribution >= 4 is 17.5 Å². The summed E-state index contributed by atoms with van der Waals surface area (Å²) in [5.74, 6) is -1.62. The Morgan fingerprint density at radius 2 is 1.97 bits per heavy atom. The number of fused-ring (bicyclic) bond motifs is 1. The molecule has 0 saturated carbocycles. The summed E-state index contributed by atoms with van der Waals surface area (Å²) in [7, 11) is 0. The smallest absolute Gasteiger partial charge is 0.449 e. The molecular formula is C21H21F4N3O3. The fraction of sp³-hybridized carbons (Fsp3) is 0.429. The van der Waals surface area contributed by atoms with Gasteiger partial charge in [-0.3, -0.25) is 4.79 Å². The minimum absolute atomic E-state index is 0.115. The number of carbonyl (C=O) groups excluding carboxylic acids is 2. The summed E-state index contributed by atoms with van der Waals surface area (Å²) in [6.07, 6.45) is -3.46. The number of Topliss-reactive ketones (excluding diaryl/α,β-unsaturated/α-hetero) is 1. The van der Waals surface area contributed by atoms with Gasteiger partial charge in [-0.15, -0.1) is 0 Å². The van der Waals surface area contributed by atoms with Crippen molar-refractivity contribution in [2.45, 2.75) is 44.4 Å². The zero-order valence-electron chi connectivity index (χ0n) is 16.7. The van der Waals surface area contributed by atoms with Crippen molar-refractivity contribution in [2.75, 3.05) is 18.4 Å². The number of piperidine rings is 1. The molecule has 1 fully saturated rings. The minimum Gasteiger partial charge on any atom is -0.456 e. The Hall–Kier alpha value is -3.04. The van der Waals surface area contributed by atoms with Gasteiger partial charge in [0, 0.05) is 48.4 Å². The molecule has 2 aromatic rings. The molecular weight excluding hydrogens is 418 g/mol. The van der Waals surface area contributed by atoms with Crippen LogP contribution in [0.4, 0.5) is 28.0 Å². The highest BCUT2D eigenvalue weighted by Gasteiger charge is 2.42. The fourth-order valence-electron chi connectivity index (χ4n) is 4.25. The third-order valence-electron chi connectivity index (χ3n) is 5.81. The van der Waals surface area contributed by atoms with Gasteiger partial charge in [-0.25, -0.2) is 9.18 Å². The molecule has 0 atom stereocenters. The van der Waals surface area contributed by atoms with Crippen LogP contribution in [0.15, 0.2) is 28.7 Å². The van der Waals surface area contributed by atoms with Crippen LogP contribution in [0.3, 0.4) is 0 Å². The number of ketones is 1. The summed E-state index contributed by atoms with van der Waals surface area (Å²) in [6.45, 7) is 1.77. The first-order chi connectivity index (χ1) is 14.6. The SMILES string of the molecule is Cc1cc(CNC(=O)N2CCC3(CC2)CC(=O)c2cc(F)ccc2N3)c(C(F)(F)F)o1. The van der Waals surface area contributed by atoms with Crippen LogP contribution in [0.1, 0.15) is 46.7 Å². The number of hydrogen-bond acceptors (Lipinski definition) is 4. The largest absolute Gasteiger partial charge is 0.456 e. The van der Waals surface area contributed by atoms with Gasteiger partial charge in [0.25, 0.3) is 0 Å². The van der Waals surface area contributed by atoms with E-state index in [1.807, 2.05) is 0 Å². The molecule has 2 N–H and O–H groups in total. The van der Waals surface area contributed by atoms with Crippen molar-refractivity contribution < 1.29 is 31.6 Å². The van der Waals surface area contributed by atoms with Gasteiger partial charge in [-0.1, -0.05) is 0 Å². The predicted molar refractivity (Wildman–Crippen MR) is 103 cm³/mol. The fourth-order valence-corrected chi connectivity index (χ4v) is 4.25. The van der Waals surface area contributed by atoms with Gasteiger partial charge in [-0.05, 0) is 44.0 Å². The molecule has 0 unspecified atom stereocenters. The Balaban J connectivity index is 1.37. The molecule has 1 aromatic heterocycles. The van der Waals surface area contributed by atoms with Crippen molar-refractivity contribution in [1.82, 2.24) is 10.2 Å². The Kier molecular flexibility index (Phi) is 5.18. The Labute approximate surface area is 175 Å². The highest BCUT2D eigenvalue weighted by atomic mass is 19.4. The van der Waals surface area contributed by atoms with Crippen LogP contribution in [-0.4, -0.2) is 35.3 Å². The molecule has 2 aliphatic heterocycles. The summed E-state index contributed by atoms with van der Waals surface area (Å²) in [5, 5.41) is 5.85. The molecule has 6 nitrogen and oxygen atoms in total. The van der Waals surface area contributed by atoms with E-state index in [4.69, 9.17) is 4.42 Å². The van der Waals surface area contributed by atoms with Gasteiger partial charge >= 0.3 is 12.2 Å². The molecule has 2 aliphatic rings. The average molecular weight is 439 g/mol. The van der Waals surface area contributed by atoms with Crippen molar-refractivity contribution in [3.05, 3.63) is 52.7 Å². The number of halogens is 4. The third-order valence-corrected chi connectivity index (χ3v) is 5.81. The van der Waals surface area contributed by atoms with Gasteiger partial charge in [0.2, 0.25) is 5.76 Å². The van der Waals surface area contributed by atoms with Crippen LogP contribution in [-0.2, 0) is 12.7 Å². The standard InChI is InChI=1S/C21H21F4N3O3/c1-12-8-13(18(31-12)21(23,24)25)11-26-19(30)28-6-4-20(5-7-28)10-17(29)15-9-14(22)2-3-16(15)27-20/h2-3,8-9,27H,4-7,10-11H2,1H3,(H,26,30). The van der Waals surface area contributed by atoms with Crippen LogP contribution < -0.4 is 10.6 Å². The molecule has 0 aliphatic carbocycles. The van der Waals surface area contributed by atoms with Crippen molar-refractivity contribution in [3.63, 3.8) is 0 Å². The molecule has 166 valence electrons. The first-order valence-electron chi connectivity index (χ1n) is 9.87. The van der Waals surface area contributed by atoms with E-state index in [1.54, 1.807) is 0 Å². The molecule has 1 aromatic carbocycles. The molecule has 1 saturated heterocycles. The lowest BCUT2D eigenvalue weighted by Gasteiger charge is -2.45. The second-order valence-electron chi connectivity index (χ2n) is 8.05. The van der Waals surface area contributed by atoms with Gasteiger partial charge < -0.3 is 20.0 Å². The maximum atomic E-state index is 13.4. The Bertz CT molecular complexity index is 1020. The van der Waals surface area contributed by atoms with Crippen LogP contribution in [0.2, 0.25) is 0 Å². The van der Waals surface area contributed by atoms with E-state index in [2.05, 4.69) is 10.6 Å². The van der Waals surface area contributed by atoms with E-state index < -0.39 is 29.3 Å². The second-order valence-corrected chi connectivity index (χ2v) is 8.05. The number of benzene rings is 1. The molecule has 3 heterocycles. The van der Waals surface area contributed by atoms with Gasteiger partial charge in [-0.2, -0.15) is 13.2 Å². The first-order valence-corrected chi connectivity index (χ1v) is 9.87. The number of aryl methyl sites for hydroxylation is 1. The van der Waals surface area contributed by atoms with E-state index in [0.29, 0.717) is 37.2 Å². The number of likely N-dealkylation sites (tertiary alicyclic amines) is 1. The molecule has 1 spiro atoms. The number of anilines is 1. The number of nitrogens with one attached hydrogen (secondary N) is 2. The third kappa shape index (κ3) is 4.24.